The number of pyridine rings is 1. The molecular weight excluding hydrogens is 330 g/mol. The summed E-state index contributed by atoms with van der Waals surface area (Å²) in [6.07, 6.45) is 4.11. The summed E-state index contributed by atoms with van der Waals surface area (Å²) in [7, 11) is 0. The molecular formula is C17H18BrNO2. The minimum Gasteiger partial charge on any atom is -0.461 e. The lowest BCUT2D eigenvalue weighted by atomic mass is 10.1. The van der Waals surface area contributed by atoms with E-state index in [0.29, 0.717) is 16.9 Å². The Morgan fingerprint density at radius 2 is 1.81 bits per heavy atom. The Morgan fingerprint density at radius 3 is 2.57 bits per heavy atom. The molecule has 110 valence electrons. The first-order valence-electron chi connectivity index (χ1n) is 7.09. The summed E-state index contributed by atoms with van der Waals surface area (Å²) in [5.74, 6) is -0.362. The summed E-state index contributed by atoms with van der Waals surface area (Å²) >= 11 is 3.24. The maximum Gasteiger partial charge on any atom is 0.356 e. The molecule has 0 N–H and O–H groups in total. The van der Waals surface area contributed by atoms with E-state index in [1.807, 2.05) is 6.07 Å². The normalized spacial score (nSPS) is 10.3. The quantitative estimate of drug-likeness (QED) is 0.423. The molecule has 0 saturated carbocycles. The van der Waals surface area contributed by atoms with E-state index in [0.717, 1.165) is 25.7 Å². The van der Waals surface area contributed by atoms with Crippen LogP contribution in [0.25, 0.3) is 0 Å². The van der Waals surface area contributed by atoms with Crippen LogP contribution in [0.3, 0.4) is 0 Å². The highest BCUT2D eigenvalue weighted by Crippen LogP contribution is 2.09. The van der Waals surface area contributed by atoms with Crippen LogP contribution in [0.15, 0.2) is 53.1 Å². The van der Waals surface area contributed by atoms with Crippen molar-refractivity contribution in [2.45, 2.75) is 25.7 Å². The fourth-order valence-electron chi connectivity index (χ4n) is 2.01. The average Bonchev–Trinajstić information content (AvgIpc) is 2.51. The predicted octanol–water partition coefficient (Wildman–Crippen LogP) is 4.41. The third kappa shape index (κ3) is 5.68. The molecule has 4 heteroatoms. The topological polar surface area (TPSA) is 39.2 Å². The van der Waals surface area contributed by atoms with Gasteiger partial charge in [-0.25, -0.2) is 9.78 Å². The molecule has 0 amide bonds. The fraction of sp³-hybridized carbons (Fsp3) is 0.294. The second-order valence-corrected chi connectivity index (χ2v) is 5.59. The fourth-order valence-corrected chi connectivity index (χ4v) is 2.36. The van der Waals surface area contributed by atoms with Crippen molar-refractivity contribution in [2.75, 3.05) is 6.61 Å². The van der Waals surface area contributed by atoms with E-state index < -0.39 is 0 Å². The number of carbonyl (C=O) groups excluding carboxylic acids is 1. The van der Waals surface area contributed by atoms with Crippen molar-refractivity contribution in [1.29, 1.82) is 0 Å². The summed E-state index contributed by atoms with van der Waals surface area (Å²) < 4.78 is 5.85. The van der Waals surface area contributed by atoms with Crippen LogP contribution in [-0.2, 0) is 11.2 Å². The van der Waals surface area contributed by atoms with Crippen LogP contribution in [0.2, 0.25) is 0 Å². The van der Waals surface area contributed by atoms with Crippen molar-refractivity contribution in [3.8, 4) is 0 Å². The van der Waals surface area contributed by atoms with Gasteiger partial charge >= 0.3 is 5.97 Å². The van der Waals surface area contributed by atoms with Crippen LogP contribution in [0.5, 0.6) is 0 Å². The van der Waals surface area contributed by atoms with Crippen LogP contribution in [-0.4, -0.2) is 17.6 Å². The lowest BCUT2D eigenvalue weighted by Crippen LogP contribution is -2.08. The molecule has 0 aliphatic heterocycles. The van der Waals surface area contributed by atoms with Gasteiger partial charge in [0.05, 0.1) is 6.61 Å². The van der Waals surface area contributed by atoms with Gasteiger partial charge in [0.2, 0.25) is 0 Å². The number of hydrogen-bond donors (Lipinski definition) is 0. The first-order valence-corrected chi connectivity index (χ1v) is 7.88. The molecule has 0 aliphatic rings. The Bertz CT molecular complexity index is 572. The molecule has 0 unspecified atom stereocenters. The monoisotopic (exact) mass is 347 g/mol. The van der Waals surface area contributed by atoms with E-state index >= 15 is 0 Å². The smallest absolute Gasteiger partial charge is 0.356 e. The minimum atomic E-state index is -0.362. The summed E-state index contributed by atoms with van der Waals surface area (Å²) in [5, 5.41) is 0. The van der Waals surface area contributed by atoms with Crippen LogP contribution in [0, 0.1) is 0 Å². The summed E-state index contributed by atoms with van der Waals surface area (Å²) in [6, 6.07) is 15.6. The molecule has 2 aromatic rings. The van der Waals surface area contributed by atoms with Crippen LogP contribution >= 0.6 is 15.9 Å². The van der Waals surface area contributed by atoms with Crippen LogP contribution in [0.4, 0.5) is 0 Å². The standard InChI is InChI=1S/C17H18BrNO2/c18-16-12-7-11-15(19-16)17(20)21-13-6-2-5-10-14-8-3-1-4-9-14/h1,3-4,7-9,11-12H,2,5-6,10,13H2. The number of carbonyl (C=O) groups is 1. The third-order valence-electron chi connectivity index (χ3n) is 3.11. The predicted molar refractivity (Wildman–Crippen MR) is 86.2 cm³/mol. The highest BCUT2D eigenvalue weighted by molar-refractivity contribution is 9.10. The molecule has 0 bridgehead atoms. The summed E-state index contributed by atoms with van der Waals surface area (Å²) in [6.45, 7) is 0.446. The van der Waals surface area contributed by atoms with Gasteiger partial charge in [0, 0.05) is 0 Å². The van der Waals surface area contributed by atoms with E-state index in [2.05, 4.69) is 45.2 Å². The number of aromatic nitrogens is 1. The Morgan fingerprint density at radius 1 is 1.00 bits per heavy atom. The number of hydrogen-bond acceptors (Lipinski definition) is 3. The summed E-state index contributed by atoms with van der Waals surface area (Å²) in [4.78, 5) is 15.8. The Kier molecular flexibility index (Phi) is 6.41. The molecule has 2 rings (SSSR count). The Labute approximate surface area is 133 Å². The largest absolute Gasteiger partial charge is 0.461 e. The van der Waals surface area contributed by atoms with Crippen molar-refractivity contribution in [2.24, 2.45) is 0 Å². The first kappa shape index (κ1) is 15.7. The molecule has 1 heterocycles. The highest BCUT2D eigenvalue weighted by atomic mass is 79.9. The van der Waals surface area contributed by atoms with Crippen molar-refractivity contribution in [3.05, 3.63) is 64.4 Å². The third-order valence-corrected chi connectivity index (χ3v) is 3.55. The van der Waals surface area contributed by atoms with Gasteiger partial charge in [-0.15, -0.1) is 0 Å². The van der Waals surface area contributed by atoms with Gasteiger partial charge in [-0.2, -0.15) is 0 Å². The van der Waals surface area contributed by atoms with Crippen molar-refractivity contribution in [1.82, 2.24) is 4.98 Å². The number of ether oxygens (including phenoxy) is 1. The molecule has 3 nitrogen and oxygen atoms in total. The van der Waals surface area contributed by atoms with Crippen LogP contribution in [0.1, 0.15) is 35.3 Å². The van der Waals surface area contributed by atoms with Gasteiger partial charge in [0.1, 0.15) is 10.3 Å². The Hall–Kier alpha value is -1.68. The zero-order chi connectivity index (χ0) is 14.9. The van der Waals surface area contributed by atoms with Gasteiger partial charge < -0.3 is 4.74 Å². The lowest BCUT2D eigenvalue weighted by Gasteiger charge is -2.05. The minimum absolute atomic E-state index is 0.341. The van der Waals surface area contributed by atoms with E-state index in [9.17, 15) is 4.79 Å². The maximum atomic E-state index is 11.7. The summed E-state index contributed by atoms with van der Waals surface area (Å²) in [5.41, 5.74) is 1.70. The van der Waals surface area contributed by atoms with Gasteiger partial charge in [-0.05, 0) is 59.3 Å². The maximum absolute atomic E-state index is 11.7. The number of unbranched alkanes of at least 4 members (excludes halogenated alkanes) is 2. The van der Waals surface area contributed by atoms with E-state index in [4.69, 9.17) is 4.74 Å². The molecule has 21 heavy (non-hydrogen) atoms. The number of nitrogens with zero attached hydrogens (tertiary/aromatic N) is 1. The van der Waals surface area contributed by atoms with Gasteiger partial charge in [0.25, 0.3) is 0 Å². The second kappa shape index (κ2) is 8.57. The molecule has 0 atom stereocenters. The van der Waals surface area contributed by atoms with Crippen molar-refractivity contribution < 1.29 is 9.53 Å². The number of halogens is 1. The van der Waals surface area contributed by atoms with Gasteiger partial charge in [-0.1, -0.05) is 36.4 Å². The number of rotatable bonds is 7. The van der Waals surface area contributed by atoms with Gasteiger partial charge in [-0.3, -0.25) is 0 Å². The molecule has 0 spiro atoms. The zero-order valence-corrected chi connectivity index (χ0v) is 13.4. The molecule has 1 aromatic carbocycles. The second-order valence-electron chi connectivity index (χ2n) is 4.78. The average molecular weight is 348 g/mol. The molecule has 0 aliphatic carbocycles. The molecule has 1 aromatic heterocycles. The van der Waals surface area contributed by atoms with Gasteiger partial charge in [0.15, 0.2) is 0 Å². The number of aryl methyl sites for hydroxylation is 1. The highest BCUT2D eigenvalue weighted by Gasteiger charge is 2.08. The molecule has 0 radical (unpaired) electrons. The molecule has 0 saturated heterocycles. The zero-order valence-electron chi connectivity index (χ0n) is 11.8. The lowest BCUT2D eigenvalue weighted by molar-refractivity contribution is 0.0490. The van der Waals surface area contributed by atoms with Crippen molar-refractivity contribution >= 4 is 21.9 Å². The number of esters is 1. The van der Waals surface area contributed by atoms with Crippen molar-refractivity contribution in [3.63, 3.8) is 0 Å². The van der Waals surface area contributed by atoms with Crippen LogP contribution < -0.4 is 0 Å². The molecule has 0 fully saturated rings. The van der Waals surface area contributed by atoms with E-state index in [1.165, 1.54) is 5.56 Å². The van der Waals surface area contributed by atoms with E-state index in [-0.39, 0.29) is 5.97 Å². The Balaban J connectivity index is 1.60. The first-order chi connectivity index (χ1) is 10.3. The van der Waals surface area contributed by atoms with E-state index in [1.54, 1.807) is 18.2 Å². The SMILES string of the molecule is O=C(OCCCCCc1ccccc1)c1cccc(Br)n1. The number of benzene rings is 1.